The Morgan fingerprint density at radius 1 is 1.58 bits per heavy atom. The third kappa shape index (κ3) is 1.32. The van der Waals surface area contributed by atoms with Crippen LogP contribution >= 0.6 is 0 Å². The van der Waals surface area contributed by atoms with Crippen molar-refractivity contribution in [3.63, 3.8) is 0 Å². The van der Waals surface area contributed by atoms with Crippen LogP contribution in [0.25, 0.3) is 0 Å². The first-order chi connectivity index (χ1) is 5.77. The molecule has 1 atom stereocenters. The molecule has 4 heteroatoms. The van der Waals surface area contributed by atoms with Crippen LogP contribution in [-0.2, 0) is 9.53 Å². The van der Waals surface area contributed by atoms with Gasteiger partial charge in [0, 0.05) is 13.1 Å². The summed E-state index contributed by atoms with van der Waals surface area (Å²) in [6, 6.07) is 0.296. The summed E-state index contributed by atoms with van der Waals surface area (Å²) in [7, 11) is 1.98. The average molecular weight is 170 g/mol. The van der Waals surface area contributed by atoms with Gasteiger partial charge in [0.1, 0.15) is 0 Å². The summed E-state index contributed by atoms with van der Waals surface area (Å²) >= 11 is 0. The molecule has 2 rings (SSSR count). The summed E-state index contributed by atoms with van der Waals surface area (Å²) in [5.41, 5.74) is 0. The SMILES string of the molecule is CN1CC(=O)N2CCOCC2C1. The first-order valence-corrected chi connectivity index (χ1v) is 4.33. The highest BCUT2D eigenvalue weighted by Gasteiger charge is 2.32. The van der Waals surface area contributed by atoms with E-state index in [4.69, 9.17) is 4.74 Å². The Labute approximate surface area is 72.1 Å². The van der Waals surface area contributed by atoms with Gasteiger partial charge in [0.25, 0.3) is 0 Å². The van der Waals surface area contributed by atoms with Crippen LogP contribution in [0.3, 0.4) is 0 Å². The molecule has 0 radical (unpaired) electrons. The zero-order chi connectivity index (χ0) is 8.55. The molecule has 2 heterocycles. The fraction of sp³-hybridized carbons (Fsp3) is 0.875. The maximum absolute atomic E-state index is 11.5. The number of piperazine rings is 1. The third-order valence-electron chi connectivity index (χ3n) is 2.48. The predicted octanol–water partition coefficient (Wildman–Crippen LogP) is -0.841. The van der Waals surface area contributed by atoms with Crippen LogP contribution in [0.5, 0.6) is 0 Å². The predicted molar refractivity (Wildman–Crippen MR) is 43.8 cm³/mol. The lowest BCUT2D eigenvalue weighted by atomic mass is 10.1. The molecule has 0 aromatic heterocycles. The van der Waals surface area contributed by atoms with Gasteiger partial charge in [-0.05, 0) is 7.05 Å². The molecule has 2 aliphatic heterocycles. The highest BCUT2D eigenvalue weighted by atomic mass is 16.5. The molecule has 4 nitrogen and oxygen atoms in total. The number of nitrogens with zero attached hydrogens (tertiary/aromatic N) is 2. The Kier molecular flexibility index (Phi) is 2.02. The molecule has 68 valence electrons. The standard InChI is InChI=1S/C8H14N2O2/c1-9-4-7-6-12-3-2-10(7)8(11)5-9/h7H,2-6H2,1H3. The number of hydrogen-bond acceptors (Lipinski definition) is 3. The third-order valence-corrected chi connectivity index (χ3v) is 2.48. The van der Waals surface area contributed by atoms with Crippen molar-refractivity contribution < 1.29 is 9.53 Å². The van der Waals surface area contributed by atoms with E-state index in [-0.39, 0.29) is 5.91 Å². The van der Waals surface area contributed by atoms with Gasteiger partial charge in [0.05, 0.1) is 25.8 Å². The van der Waals surface area contributed by atoms with Gasteiger partial charge in [-0.2, -0.15) is 0 Å². The summed E-state index contributed by atoms with van der Waals surface area (Å²) in [5.74, 6) is 0.247. The normalized spacial score (nSPS) is 31.9. The molecule has 0 aromatic rings. The van der Waals surface area contributed by atoms with Gasteiger partial charge in [-0.25, -0.2) is 0 Å². The quantitative estimate of drug-likeness (QED) is 0.475. The number of ether oxygens (including phenoxy) is 1. The number of carbonyl (C=O) groups excluding carboxylic acids is 1. The second kappa shape index (κ2) is 3.03. The lowest BCUT2D eigenvalue weighted by Gasteiger charge is -2.42. The Morgan fingerprint density at radius 2 is 2.42 bits per heavy atom. The smallest absolute Gasteiger partial charge is 0.237 e. The van der Waals surface area contributed by atoms with E-state index in [0.717, 1.165) is 13.1 Å². The van der Waals surface area contributed by atoms with Crippen molar-refractivity contribution in [1.82, 2.24) is 9.80 Å². The van der Waals surface area contributed by atoms with Crippen LogP contribution in [0.4, 0.5) is 0 Å². The number of carbonyl (C=O) groups is 1. The Morgan fingerprint density at radius 3 is 3.25 bits per heavy atom. The highest BCUT2D eigenvalue weighted by molar-refractivity contribution is 5.79. The van der Waals surface area contributed by atoms with Crippen molar-refractivity contribution in [3.8, 4) is 0 Å². The Bertz CT molecular complexity index is 195. The van der Waals surface area contributed by atoms with Crippen LogP contribution in [0.15, 0.2) is 0 Å². The van der Waals surface area contributed by atoms with Crippen molar-refractivity contribution in [2.75, 3.05) is 39.9 Å². The summed E-state index contributed by atoms with van der Waals surface area (Å²) in [4.78, 5) is 15.5. The van der Waals surface area contributed by atoms with Crippen LogP contribution in [0.2, 0.25) is 0 Å². The van der Waals surface area contributed by atoms with Crippen molar-refractivity contribution in [2.24, 2.45) is 0 Å². The van der Waals surface area contributed by atoms with E-state index in [9.17, 15) is 4.79 Å². The van der Waals surface area contributed by atoms with Crippen LogP contribution in [-0.4, -0.2) is 61.6 Å². The van der Waals surface area contributed by atoms with Crippen LogP contribution < -0.4 is 0 Å². The molecule has 0 bridgehead atoms. The molecule has 2 saturated heterocycles. The highest BCUT2D eigenvalue weighted by Crippen LogP contribution is 2.13. The van der Waals surface area contributed by atoms with Crippen molar-refractivity contribution in [2.45, 2.75) is 6.04 Å². The first kappa shape index (κ1) is 8.01. The van der Waals surface area contributed by atoms with Crippen molar-refractivity contribution >= 4 is 5.91 Å². The first-order valence-electron chi connectivity index (χ1n) is 4.33. The van der Waals surface area contributed by atoms with Gasteiger partial charge in [0.2, 0.25) is 5.91 Å². The molecule has 0 saturated carbocycles. The zero-order valence-corrected chi connectivity index (χ0v) is 7.32. The van der Waals surface area contributed by atoms with Gasteiger partial charge in [-0.15, -0.1) is 0 Å². The molecule has 2 aliphatic rings. The lowest BCUT2D eigenvalue weighted by molar-refractivity contribution is -0.147. The largest absolute Gasteiger partial charge is 0.377 e. The number of morpholine rings is 1. The molecule has 0 aliphatic carbocycles. The summed E-state index contributed by atoms with van der Waals surface area (Å²) in [6.07, 6.45) is 0. The molecule has 1 amide bonds. The number of fused-ring (bicyclic) bond motifs is 1. The molecule has 2 fully saturated rings. The Hall–Kier alpha value is -0.610. The van der Waals surface area contributed by atoms with Gasteiger partial charge in [-0.3, -0.25) is 9.69 Å². The summed E-state index contributed by atoms with van der Waals surface area (Å²) in [6.45, 7) is 3.70. The van der Waals surface area contributed by atoms with Crippen molar-refractivity contribution in [3.05, 3.63) is 0 Å². The summed E-state index contributed by atoms with van der Waals surface area (Å²) in [5, 5.41) is 0. The second-order valence-electron chi connectivity index (χ2n) is 3.51. The Balaban J connectivity index is 2.06. The fourth-order valence-electron chi connectivity index (χ4n) is 1.88. The van der Waals surface area contributed by atoms with Crippen LogP contribution in [0.1, 0.15) is 0 Å². The average Bonchev–Trinajstić information content (AvgIpc) is 2.04. The van der Waals surface area contributed by atoms with E-state index in [2.05, 4.69) is 4.90 Å². The second-order valence-corrected chi connectivity index (χ2v) is 3.51. The summed E-state index contributed by atoms with van der Waals surface area (Å²) < 4.78 is 5.32. The molecule has 0 aromatic carbocycles. The molecule has 12 heavy (non-hydrogen) atoms. The minimum absolute atomic E-state index is 0.247. The lowest BCUT2D eigenvalue weighted by Crippen LogP contribution is -2.59. The van der Waals surface area contributed by atoms with Crippen LogP contribution in [0, 0.1) is 0 Å². The van der Waals surface area contributed by atoms with Gasteiger partial charge >= 0.3 is 0 Å². The van der Waals surface area contributed by atoms with E-state index >= 15 is 0 Å². The van der Waals surface area contributed by atoms with E-state index in [1.54, 1.807) is 0 Å². The molecule has 1 unspecified atom stereocenters. The fourth-order valence-corrected chi connectivity index (χ4v) is 1.88. The number of rotatable bonds is 0. The number of amides is 1. The van der Waals surface area contributed by atoms with Gasteiger partial charge in [-0.1, -0.05) is 0 Å². The number of hydrogen-bond donors (Lipinski definition) is 0. The van der Waals surface area contributed by atoms with E-state index < -0.39 is 0 Å². The molecule has 0 spiro atoms. The number of likely N-dealkylation sites (N-methyl/N-ethyl adjacent to an activating group) is 1. The van der Waals surface area contributed by atoms with Gasteiger partial charge < -0.3 is 9.64 Å². The van der Waals surface area contributed by atoms with Gasteiger partial charge in [0.15, 0.2) is 0 Å². The minimum atomic E-state index is 0.247. The monoisotopic (exact) mass is 170 g/mol. The topological polar surface area (TPSA) is 32.8 Å². The molecular formula is C8H14N2O2. The maximum atomic E-state index is 11.5. The van der Waals surface area contributed by atoms with E-state index in [1.807, 2.05) is 11.9 Å². The van der Waals surface area contributed by atoms with E-state index in [0.29, 0.717) is 25.8 Å². The molecular weight excluding hydrogens is 156 g/mol. The van der Waals surface area contributed by atoms with Crippen molar-refractivity contribution in [1.29, 1.82) is 0 Å². The van der Waals surface area contributed by atoms with E-state index in [1.165, 1.54) is 0 Å². The molecule has 0 N–H and O–H groups in total. The zero-order valence-electron chi connectivity index (χ0n) is 7.32. The maximum Gasteiger partial charge on any atom is 0.237 e. The minimum Gasteiger partial charge on any atom is -0.377 e.